The van der Waals surface area contributed by atoms with Crippen molar-refractivity contribution in [3.63, 3.8) is 0 Å². The molecule has 1 saturated heterocycles. The third-order valence-corrected chi connectivity index (χ3v) is 4.71. The van der Waals surface area contributed by atoms with E-state index in [4.69, 9.17) is 4.74 Å². The molecule has 20 heavy (non-hydrogen) atoms. The average Bonchev–Trinajstić information content (AvgIpc) is 3.04. The number of nitrogens with one attached hydrogen (secondary N) is 1. The Labute approximate surface area is 119 Å². The fourth-order valence-electron chi connectivity index (χ4n) is 3.50. The summed E-state index contributed by atoms with van der Waals surface area (Å²) in [6, 6.07) is 5.81. The molecule has 2 atom stereocenters. The first-order chi connectivity index (χ1) is 9.78. The van der Waals surface area contributed by atoms with Crippen LogP contribution in [0.2, 0.25) is 0 Å². The SMILES string of the molecule is O=C(CCc1ccccn1)NC[C@@]12CCC[C@@H]1OCC2. The van der Waals surface area contributed by atoms with Crippen molar-refractivity contribution in [2.75, 3.05) is 13.2 Å². The molecular weight excluding hydrogens is 252 g/mol. The van der Waals surface area contributed by atoms with Crippen LogP contribution >= 0.6 is 0 Å². The molecule has 2 aliphatic rings. The van der Waals surface area contributed by atoms with Crippen LogP contribution in [0.3, 0.4) is 0 Å². The minimum atomic E-state index is 0.127. The van der Waals surface area contributed by atoms with Gasteiger partial charge in [0, 0.05) is 36.9 Å². The van der Waals surface area contributed by atoms with Gasteiger partial charge < -0.3 is 10.1 Å². The molecular formula is C16H22N2O2. The largest absolute Gasteiger partial charge is 0.378 e. The van der Waals surface area contributed by atoms with E-state index < -0.39 is 0 Å². The van der Waals surface area contributed by atoms with Gasteiger partial charge in [-0.05, 0) is 37.8 Å². The van der Waals surface area contributed by atoms with E-state index in [0.29, 0.717) is 18.9 Å². The van der Waals surface area contributed by atoms with Crippen molar-refractivity contribution in [3.8, 4) is 0 Å². The molecule has 1 saturated carbocycles. The minimum absolute atomic E-state index is 0.127. The Hall–Kier alpha value is -1.42. The number of aryl methyl sites for hydroxylation is 1. The fraction of sp³-hybridized carbons (Fsp3) is 0.625. The number of hydrogen-bond donors (Lipinski definition) is 1. The quantitative estimate of drug-likeness (QED) is 0.894. The molecule has 1 N–H and O–H groups in total. The lowest BCUT2D eigenvalue weighted by atomic mass is 9.83. The van der Waals surface area contributed by atoms with E-state index in [1.807, 2.05) is 18.2 Å². The van der Waals surface area contributed by atoms with Gasteiger partial charge in [0.15, 0.2) is 0 Å². The Kier molecular flexibility index (Phi) is 4.01. The predicted octanol–water partition coefficient (Wildman–Crippen LogP) is 2.09. The lowest BCUT2D eigenvalue weighted by Crippen LogP contribution is -2.39. The number of fused-ring (bicyclic) bond motifs is 1. The molecule has 1 aliphatic carbocycles. The highest BCUT2D eigenvalue weighted by molar-refractivity contribution is 5.76. The Morgan fingerprint density at radius 1 is 1.45 bits per heavy atom. The number of amides is 1. The Morgan fingerprint density at radius 2 is 2.40 bits per heavy atom. The average molecular weight is 274 g/mol. The molecule has 1 aromatic rings. The molecule has 1 aliphatic heterocycles. The maximum Gasteiger partial charge on any atom is 0.220 e. The fourth-order valence-corrected chi connectivity index (χ4v) is 3.50. The smallest absolute Gasteiger partial charge is 0.220 e. The normalized spacial score (nSPS) is 28.3. The number of rotatable bonds is 5. The van der Waals surface area contributed by atoms with Crippen LogP contribution in [0.5, 0.6) is 0 Å². The van der Waals surface area contributed by atoms with E-state index in [1.54, 1.807) is 6.20 Å². The molecule has 4 nitrogen and oxygen atoms in total. The van der Waals surface area contributed by atoms with Crippen LogP contribution in [0.4, 0.5) is 0 Å². The first-order valence-electron chi connectivity index (χ1n) is 7.57. The first-order valence-corrected chi connectivity index (χ1v) is 7.57. The van der Waals surface area contributed by atoms with Crippen LogP contribution < -0.4 is 5.32 Å². The van der Waals surface area contributed by atoms with Crippen molar-refractivity contribution in [2.45, 2.75) is 44.6 Å². The molecule has 3 rings (SSSR count). The van der Waals surface area contributed by atoms with Crippen molar-refractivity contribution in [2.24, 2.45) is 5.41 Å². The third kappa shape index (κ3) is 2.85. The summed E-state index contributed by atoms with van der Waals surface area (Å²) in [5.41, 5.74) is 1.20. The number of hydrogen-bond acceptors (Lipinski definition) is 3. The van der Waals surface area contributed by atoms with E-state index in [1.165, 1.54) is 12.8 Å². The number of ether oxygens (including phenoxy) is 1. The van der Waals surface area contributed by atoms with Gasteiger partial charge in [-0.15, -0.1) is 0 Å². The second-order valence-electron chi connectivity index (χ2n) is 5.96. The number of aromatic nitrogens is 1. The van der Waals surface area contributed by atoms with Gasteiger partial charge in [-0.25, -0.2) is 0 Å². The monoisotopic (exact) mass is 274 g/mol. The zero-order valence-electron chi connectivity index (χ0n) is 11.8. The zero-order chi connectivity index (χ0) is 13.8. The molecule has 1 aromatic heterocycles. The number of carbonyl (C=O) groups is 1. The summed E-state index contributed by atoms with van der Waals surface area (Å²) in [5, 5.41) is 3.11. The van der Waals surface area contributed by atoms with E-state index in [2.05, 4.69) is 10.3 Å². The van der Waals surface area contributed by atoms with Crippen LogP contribution in [0.25, 0.3) is 0 Å². The van der Waals surface area contributed by atoms with Crippen LogP contribution in [-0.2, 0) is 16.0 Å². The van der Waals surface area contributed by atoms with E-state index in [9.17, 15) is 4.79 Å². The summed E-state index contributed by atoms with van der Waals surface area (Å²) >= 11 is 0. The first kappa shape index (κ1) is 13.6. The lowest BCUT2D eigenvalue weighted by molar-refractivity contribution is -0.121. The molecule has 4 heteroatoms. The van der Waals surface area contributed by atoms with Crippen LogP contribution in [0.15, 0.2) is 24.4 Å². The Morgan fingerprint density at radius 3 is 3.25 bits per heavy atom. The van der Waals surface area contributed by atoms with E-state index in [-0.39, 0.29) is 11.3 Å². The highest BCUT2D eigenvalue weighted by atomic mass is 16.5. The van der Waals surface area contributed by atoms with Gasteiger partial charge in [0.05, 0.1) is 6.10 Å². The lowest BCUT2D eigenvalue weighted by Gasteiger charge is -2.27. The third-order valence-electron chi connectivity index (χ3n) is 4.71. The predicted molar refractivity (Wildman–Crippen MR) is 76.2 cm³/mol. The molecule has 2 fully saturated rings. The second kappa shape index (κ2) is 5.92. The van der Waals surface area contributed by atoms with E-state index >= 15 is 0 Å². The molecule has 0 spiro atoms. The zero-order valence-corrected chi connectivity index (χ0v) is 11.8. The summed E-state index contributed by atoms with van der Waals surface area (Å²) in [6.45, 7) is 1.63. The van der Waals surface area contributed by atoms with Gasteiger partial charge in [0.25, 0.3) is 0 Å². The molecule has 2 heterocycles. The molecule has 0 bridgehead atoms. The summed E-state index contributed by atoms with van der Waals surface area (Å²) < 4.78 is 5.78. The minimum Gasteiger partial charge on any atom is -0.378 e. The Balaban J connectivity index is 1.45. The summed E-state index contributed by atoms with van der Waals surface area (Å²) in [6.07, 6.45) is 8.04. The number of nitrogens with zero attached hydrogens (tertiary/aromatic N) is 1. The highest BCUT2D eigenvalue weighted by Crippen LogP contribution is 2.46. The molecule has 0 aromatic carbocycles. The number of carbonyl (C=O) groups excluding carboxylic acids is 1. The van der Waals surface area contributed by atoms with Crippen molar-refractivity contribution in [1.82, 2.24) is 10.3 Å². The van der Waals surface area contributed by atoms with Gasteiger partial charge in [-0.2, -0.15) is 0 Å². The van der Waals surface area contributed by atoms with Crippen molar-refractivity contribution < 1.29 is 9.53 Å². The topological polar surface area (TPSA) is 51.2 Å². The van der Waals surface area contributed by atoms with Gasteiger partial charge in [-0.1, -0.05) is 12.5 Å². The molecule has 0 radical (unpaired) electrons. The molecule has 1 amide bonds. The van der Waals surface area contributed by atoms with Crippen LogP contribution in [-0.4, -0.2) is 30.1 Å². The molecule has 108 valence electrons. The van der Waals surface area contributed by atoms with Crippen LogP contribution in [0, 0.1) is 5.41 Å². The van der Waals surface area contributed by atoms with Gasteiger partial charge in [-0.3, -0.25) is 9.78 Å². The number of pyridine rings is 1. The van der Waals surface area contributed by atoms with Gasteiger partial charge >= 0.3 is 0 Å². The van der Waals surface area contributed by atoms with Crippen LogP contribution in [0.1, 0.15) is 37.8 Å². The van der Waals surface area contributed by atoms with Crippen molar-refractivity contribution in [3.05, 3.63) is 30.1 Å². The maximum atomic E-state index is 12.0. The summed E-state index contributed by atoms with van der Waals surface area (Å²) in [4.78, 5) is 16.2. The van der Waals surface area contributed by atoms with Gasteiger partial charge in [0.2, 0.25) is 5.91 Å². The van der Waals surface area contributed by atoms with Crippen molar-refractivity contribution in [1.29, 1.82) is 0 Å². The standard InChI is InChI=1S/C16H22N2O2/c19-15(7-6-13-4-1-2-10-17-13)18-12-16-8-3-5-14(16)20-11-9-16/h1-2,4,10,14H,3,5-9,11-12H2,(H,18,19)/t14-,16-/m0/s1. The summed E-state index contributed by atoms with van der Waals surface area (Å²) in [5.74, 6) is 0.127. The highest BCUT2D eigenvalue weighted by Gasteiger charge is 2.47. The second-order valence-corrected chi connectivity index (χ2v) is 5.96. The van der Waals surface area contributed by atoms with Gasteiger partial charge in [0.1, 0.15) is 0 Å². The van der Waals surface area contributed by atoms with Crippen molar-refractivity contribution >= 4 is 5.91 Å². The maximum absolute atomic E-state index is 12.0. The van der Waals surface area contributed by atoms with E-state index in [0.717, 1.165) is 31.7 Å². The molecule has 0 unspecified atom stereocenters. The Bertz CT molecular complexity index is 451. The summed E-state index contributed by atoms with van der Waals surface area (Å²) in [7, 11) is 0.